The molecule has 1 aliphatic heterocycles. The van der Waals surface area contributed by atoms with E-state index in [1.54, 1.807) is 0 Å². The zero-order valence-corrected chi connectivity index (χ0v) is 12.3. The summed E-state index contributed by atoms with van der Waals surface area (Å²) in [6, 6.07) is 5.13. The molecule has 1 aliphatic rings. The molecular weight excluding hydrogens is 236 g/mol. The topological polar surface area (TPSA) is 45.4 Å². The number of nitrogens with zero attached hydrogens (tertiary/aromatic N) is 3. The van der Waals surface area contributed by atoms with Crippen molar-refractivity contribution < 1.29 is 0 Å². The summed E-state index contributed by atoms with van der Waals surface area (Å²) in [5.74, 6) is 1.10. The molecule has 1 aromatic heterocycles. The van der Waals surface area contributed by atoms with Crippen LogP contribution < -0.4 is 10.6 Å². The standard InChI is InChI=1S/C15H26N4/c1-12(16)9-13-6-7-15(17-10-13)19-8-4-5-14(11-19)18(2)3/h6-7,10,12,14H,4-5,8-9,11,16H2,1-3H3. The van der Waals surface area contributed by atoms with E-state index in [1.807, 2.05) is 13.1 Å². The van der Waals surface area contributed by atoms with E-state index in [9.17, 15) is 0 Å². The van der Waals surface area contributed by atoms with Gasteiger partial charge in [0, 0.05) is 31.4 Å². The zero-order valence-electron chi connectivity index (χ0n) is 12.3. The zero-order chi connectivity index (χ0) is 13.8. The van der Waals surface area contributed by atoms with Gasteiger partial charge in [0.1, 0.15) is 5.82 Å². The van der Waals surface area contributed by atoms with Crippen molar-refractivity contribution in [2.24, 2.45) is 5.73 Å². The second-order valence-electron chi connectivity index (χ2n) is 5.91. The van der Waals surface area contributed by atoms with Gasteiger partial charge in [0.2, 0.25) is 0 Å². The van der Waals surface area contributed by atoms with Gasteiger partial charge in [-0.15, -0.1) is 0 Å². The van der Waals surface area contributed by atoms with Gasteiger partial charge in [-0.1, -0.05) is 6.07 Å². The molecule has 0 radical (unpaired) electrons. The molecule has 2 unspecified atom stereocenters. The SMILES string of the molecule is CC(N)Cc1ccc(N2CCCC(N(C)C)C2)nc1. The Balaban J connectivity index is 2.01. The van der Waals surface area contributed by atoms with Crippen molar-refractivity contribution >= 4 is 5.82 Å². The molecule has 1 fully saturated rings. The van der Waals surface area contributed by atoms with Crippen LogP contribution in [0, 0.1) is 0 Å². The highest BCUT2D eigenvalue weighted by Crippen LogP contribution is 2.20. The maximum Gasteiger partial charge on any atom is 0.128 e. The van der Waals surface area contributed by atoms with E-state index in [2.05, 4.69) is 41.0 Å². The number of hydrogen-bond acceptors (Lipinski definition) is 4. The molecule has 4 heteroatoms. The molecule has 1 aromatic rings. The van der Waals surface area contributed by atoms with Crippen molar-refractivity contribution in [2.75, 3.05) is 32.1 Å². The first-order valence-corrected chi connectivity index (χ1v) is 7.18. The fraction of sp³-hybridized carbons (Fsp3) is 0.667. The minimum Gasteiger partial charge on any atom is -0.355 e. The summed E-state index contributed by atoms with van der Waals surface area (Å²) in [6.45, 7) is 4.22. The van der Waals surface area contributed by atoms with E-state index < -0.39 is 0 Å². The summed E-state index contributed by atoms with van der Waals surface area (Å²) in [7, 11) is 4.32. The Bertz CT molecular complexity index is 386. The molecule has 1 saturated heterocycles. The highest BCUT2D eigenvalue weighted by Gasteiger charge is 2.22. The van der Waals surface area contributed by atoms with Gasteiger partial charge in [-0.2, -0.15) is 0 Å². The largest absolute Gasteiger partial charge is 0.355 e. The summed E-state index contributed by atoms with van der Waals surface area (Å²) in [5.41, 5.74) is 7.04. The molecule has 4 nitrogen and oxygen atoms in total. The molecule has 0 bridgehead atoms. The van der Waals surface area contributed by atoms with E-state index in [0.29, 0.717) is 6.04 Å². The van der Waals surface area contributed by atoms with Crippen LogP contribution in [0.5, 0.6) is 0 Å². The maximum absolute atomic E-state index is 5.81. The minimum atomic E-state index is 0.195. The molecule has 2 atom stereocenters. The number of anilines is 1. The fourth-order valence-electron chi connectivity index (χ4n) is 2.68. The van der Waals surface area contributed by atoms with Crippen molar-refractivity contribution in [1.82, 2.24) is 9.88 Å². The van der Waals surface area contributed by atoms with Gasteiger partial charge in [-0.25, -0.2) is 4.98 Å². The predicted octanol–water partition coefficient (Wildman–Crippen LogP) is 1.50. The van der Waals surface area contributed by atoms with Gasteiger partial charge in [-0.3, -0.25) is 0 Å². The highest BCUT2D eigenvalue weighted by atomic mass is 15.2. The van der Waals surface area contributed by atoms with Gasteiger partial charge in [0.25, 0.3) is 0 Å². The predicted molar refractivity (Wildman–Crippen MR) is 80.5 cm³/mol. The van der Waals surface area contributed by atoms with Crippen LogP contribution in [0.4, 0.5) is 5.82 Å². The third-order valence-electron chi connectivity index (χ3n) is 3.82. The summed E-state index contributed by atoms with van der Waals surface area (Å²) >= 11 is 0. The lowest BCUT2D eigenvalue weighted by atomic mass is 10.0. The smallest absolute Gasteiger partial charge is 0.128 e. The first kappa shape index (κ1) is 14.3. The average Bonchev–Trinajstić information content (AvgIpc) is 2.39. The number of pyridine rings is 1. The number of likely N-dealkylation sites (N-methyl/N-ethyl adjacent to an activating group) is 1. The van der Waals surface area contributed by atoms with Crippen LogP contribution in [0.15, 0.2) is 18.3 Å². The first-order chi connectivity index (χ1) is 9.06. The van der Waals surface area contributed by atoms with E-state index in [0.717, 1.165) is 25.3 Å². The Labute approximate surface area is 116 Å². The lowest BCUT2D eigenvalue weighted by Gasteiger charge is -2.36. The molecule has 19 heavy (non-hydrogen) atoms. The summed E-state index contributed by atoms with van der Waals surface area (Å²) in [4.78, 5) is 9.31. The summed E-state index contributed by atoms with van der Waals surface area (Å²) in [5, 5.41) is 0. The summed E-state index contributed by atoms with van der Waals surface area (Å²) < 4.78 is 0. The lowest BCUT2D eigenvalue weighted by Crippen LogP contribution is -2.45. The van der Waals surface area contributed by atoms with Crippen molar-refractivity contribution in [3.63, 3.8) is 0 Å². The molecule has 0 saturated carbocycles. The Kier molecular flexibility index (Phi) is 4.77. The Morgan fingerprint density at radius 3 is 2.84 bits per heavy atom. The van der Waals surface area contributed by atoms with Crippen LogP contribution in [0.2, 0.25) is 0 Å². The average molecular weight is 262 g/mol. The van der Waals surface area contributed by atoms with Crippen molar-refractivity contribution in [1.29, 1.82) is 0 Å². The minimum absolute atomic E-state index is 0.195. The number of nitrogens with two attached hydrogens (primary N) is 1. The summed E-state index contributed by atoms with van der Waals surface area (Å²) in [6.07, 6.45) is 5.39. The third kappa shape index (κ3) is 3.91. The highest BCUT2D eigenvalue weighted by molar-refractivity contribution is 5.40. The third-order valence-corrected chi connectivity index (χ3v) is 3.82. The maximum atomic E-state index is 5.81. The molecule has 2 heterocycles. The molecule has 2 N–H and O–H groups in total. The van der Waals surface area contributed by atoms with Gasteiger partial charge >= 0.3 is 0 Å². The Hall–Kier alpha value is -1.13. The molecule has 0 aliphatic carbocycles. The first-order valence-electron chi connectivity index (χ1n) is 7.18. The number of piperidine rings is 1. The van der Waals surface area contributed by atoms with Crippen LogP contribution in [-0.2, 0) is 6.42 Å². The second kappa shape index (κ2) is 6.35. The van der Waals surface area contributed by atoms with Crippen LogP contribution >= 0.6 is 0 Å². The number of rotatable bonds is 4. The second-order valence-corrected chi connectivity index (χ2v) is 5.91. The van der Waals surface area contributed by atoms with Gasteiger partial charge in [0.15, 0.2) is 0 Å². The van der Waals surface area contributed by atoms with Crippen molar-refractivity contribution in [3.05, 3.63) is 23.9 Å². The van der Waals surface area contributed by atoms with E-state index in [1.165, 1.54) is 18.4 Å². The Morgan fingerprint density at radius 2 is 2.26 bits per heavy atom. The van der Waals surface area contributed by atoms with Crippen LogP contribution in [-0.4, -0.2) is 49.2 Å². The molecule has 106 valence electrons. The van der Waals surface area contributed by atoms with Gasteiger partial charge in [0.05, 0.1) is 0 Å². The normalized spacial score (nSPS) is 21.7. The Morgan fingerprint density at radius 1 is 1.47 bits per heavy atom. The van der Waals surface area contributed by atoms with E-state index in [4.69, 9.17) is 5.73 Å². The quantitative estimate of drug-likeness (QED) is 0.893. The molecule has 0 amide bonds. The van der Waals surface area contributed by atoms with Crippen LogP contribution in [0.3, 0.4) is 0 Å². The monoisotopic (exact) mass is 262 g/mol. The van der Waals surface area contributed by atoms with Crippen molar-refractivity contribution in [2.45, 2.75) is 38.3 Å². The van der Waals surface area contributed by atoms with Crippen LogP contribution in [0.25, 0.3) is 0 Å². The number of aromatic nitrogens is 1. The fourth-order valence-corrected chi connectivity index (χ4v) is 2.68. The van der Waals surface area contributed by atoms with E-state index >= 15 is 0 Å². The van der Waals surface area contributed by atoms with Gasteiger partial charge < -0.3 is 15.5 Å². The van der Waals surface area contributed by atoms with Crippen molar-refractivity contribution in [3.8, 4) is 0 Å². The molecular formula is C15H26N4. The van der Waals surface area contributed by atoms with Crippen LogP contribution in [0.1, 0.15) is 25.3 Å². The molecule has 0 spiro atoms. The van der Waals surface area contributed by atoms with E-state index in [-0.39, 0.29) is 6.04 Å². The number of hydrogen-bond donors (Lipinski definition) is 1. The van der Waals surface area contributed by atoms with Gasteiger partial charge in [-0.05, 0) is 51.9 Å². The molecule has 2 rings (SSSR count). The lowest BCUT2D eigenvalue weighted by molar-refractivity contribution is 0.257. The molecule has 0 aromatic carbocycles.